The molecular formula is C25H30N2O5. The minimum Gasteiger partial charge on any atom is -0.489 e. The number of benzene rings is 1. The SMILES string of the molecule is COC1=C(OC)C(=O)C([C@H]2C[C@@H](C(=O)N3CCN(C)CC3)Cc3ccccc32)=C(C)C1=O. The van der Waals surface area contributed by atoms with Gasteiger partial charge in [-0.25, -0.2) is 0 Å². The molecule has 0 spiro atoms. The van der Waals surface area contributed by atoms with E-state index in [-0.39, 0.29) is 40.8 Å². The van der Waals surface area contributed by atoms with Gasteiger partial charge in [0.1, 0.15) is 0 Å². The molecular weight excluding hydrogens is 408 g/mol. The fourth-order valence-electron chi connectivity index (χ4n) is 5.15. The van der Waals surface area contributed by atoms with Gasteiger partial charge in [-0.15, -0.1) is 0 Å². The molecule has 7 nitrogen and oxygen atoms in total. The molecule has 4 rings (SSSR count). The minimum atomic E-state index is -0.346. The summed E-state index contributed by atoms with van der Waals surface area (Å²) in [6.45, 7) is 4.81. The summed E-state index contributed by atoms with van der Waals surface area (Å²) < 4.78 is 10.5. The fraction of sp³-hybridized carbons (Fsp3) is 0.480. The standard InChI is InChI=1S/C25H30N2O5/c1-15-20(22(29)24(32-4)23(31-3)21(15)28)19-14-17(13-16-7-5-6-8-18(16)19)25(30)27-11-9-26(2)10-12-27/h5-8,17,19H,9-14H2,1-4H3/t17-,19-/m0/s1. The summed E-state index contributed by atoms with van der Waals surface area (Å²) in [7, 11) is 4.79. The van der Waals surface area contributed by atoms with Crippen LogP contribution in [-0.2, 0) is 30.3 Å². The predicted molar refractivity (Wildman–Crippen MR) is 119 cm³/mol. The first kappa shape index (κ1) is 22.3. The van der Waals surface area contributed by atoms with E-state index >= 15 is 0 Å². The Bertz CT molecular complexity index is 1020. The van der Waals surface area contributed by atoms with Crippen LogP contribution in [0.5, 0.6) is 0 Å². The largest absolute Gasteiger partial charge is 0.489 e. The summed E-state index contributed by atoms with van der Waals surface area (Å²) in [6.07, 6.45) is 1.13. The highest BCUT2D eigenvalue weighted by Crippen LogP contribution is 2.44. The number of likely N-dealkylation sites (N-methyl/N-ethyl adjacent to an activating group) is 1. The third-order valence-corrected chi connectivity index (χ3v) is 6.95. The zero-order valence-corrected chi connectivity index (χ0v) is 19.1. The van der Waals surface area contributed by atoms with Crippen LogP contribution in [0.4, 0.5) is 0 Å². The Morgan fingerprint density at radius 1 is 0.969 bits per heavy atom. The number of carbonyl (C=O) groups is 3. The van der Waals surface area contributed by atoms with Crippen molar-refractivity contribution < 1.29 is 23.9 Å². The smallest absolute Gasteiger partial charge is 0.228 e. The lowest BCUT2D eigenvalue weighted by atomic mass is 9.70. The fourth-order valence-corrected chi connectivity index (χ4v) is 5.15. The second-order valence-corrected chi connectivity index (χ2v) is 8.78. The molecule has 0 radical (unpaired) electrons. The van der Waals surface area contributed by atoms with Gasteiger partial charge in [0.2, 0.25) is 29.0 Å². The zero-order chi connectivity index (χ0) is 23.0. The van der Waals surface area contributed by atoms with E-state index in [1.807, 2.05) is 29.2 Å². The van der Waals surface area contributed by atoms with E-state index in [1.54, 1.807) is 6.92 Å². The van der Waals surface area contributed by atoms with E-state index in [2.05, 4.69) is 11.9 Å². The lowest BCUT2D eigenvalue weighted by Crippen LogP contribution is -2.50. The van der Waals surface area contributed by atoms with Crippen molar-refractivity contribution >= 4 is 17.5 Å². The number of ether oxygens (including phenoxy) is 2. The van der Waals surface area contributed by atoms with Crippen LogP contribution in [0.2, 0.25) is 0 Å². The van der Waals surface area contributed by atoms with Crippen molar-refractivity contribution in [3.05, 3.63) is 58.1 Å². The lowest BCUT2D eigenvalue weighted by molar-refractivity contribution is -0.137. The molecule has 2 atom stereocenters. The number of rotatable bonds is 4. The number of allylic oxidation sites excluding steroid dienone is 2. The van der Waals surface area contributed by atoms with Gasteiger partial charge in [0.05, 0.1) is 14.2 Å². The number of carbonyl (C=O) groups excluding carboxylic acids is 3. The first-order chi connectivity index (χ1) is 15.4. The van der Waals surface area contributed by atoms with Gasteiger partial charge >= 0.3 is 0 Å². The topological polar surface area (TPSA) is 76.2 Å². The van der Waals surface area contributed by atoms with Crippen molar-refractivity contribution in [1.29, 1.82) is 0 Å². The zero-order valence-electron chi connectivity index (χ0n) is 19.1. The van der Waals surface area contributed by atoms with Crippen LogP contribution in [0.15, 0.2) is 46.9 Å². The monoisotopic (exact) mass is 438 g/mol. The Labute approximate surface area is 188 Å². The highest BCUT2D eigenvalue weighted by Gasteiger charge is 2.43. The average Bonchev–Trinajstić information content (AvgIpc) is 2.81. The van der Waals surface area contributed by atoms with Crippen LogP contribution in [-0.4, -0.2) is 74.7 Å². The Balaban J connectivity index is 1.71. The number of Topliss-reactive ketones (excluding diaryl/α,β-unsaturated/α-hetero) is 2. The molecule has 1 amide bonds. The summed E-state index contributed by atoms with van der Waals surface area (Å²) in [5.41, 5.74) is 2.83. The number of hydrogen-bond acceptors (Lipinski definition) is 6. The molecule has 170 valence electrons. The maximum Gasteiger partial charge on any atom is 0.228 e. The number of piperazine rings is 1. The number of amides is 1. The number of fused-ring (bicyclic) bond motifs is 1. The van der Waals surface area contributed by atoms with Crippen LogP contribution in [0.25, 0.3) is 0 Å². The summed E-state index contributed by atoms with van der Waals surface area (Å²) in [5.74, 6) is -1.26. The minimum absolute atomic E-state index is 0.0621. The Morgan fingerprint density at radius 2 is 1.59 bits per heavy atom. The van der Waals surface area contributed by atoms with Crippen molar-refractivity contribution in [2.24, 2.45) is 5.92 Å². The van der Waals surface area contributed by atoms with Crippen LogP contribution in [0.1, 0.15) is 30.4 Å². The Hall–Kier alpha value is -2.93. The van der Waals surface area contributed by atoms with Crippen molar-refractivity contribution in [3.8, 4) is 0 Å². The summed E-state index contributed by atoms with van der Waals surface area (Å²) >= 11 is 0. The molecule has 1 saturated heterocycles. The van der Waals surface area contributed by atoms with E-state index < -0.39 is 0 Å². The number of methoxy groups -OCH3 is 2. The molecule has 0 saturated carbocycles. The van der Waals surface area contributed by atoms with Crippen LogP contribution in [0.3, 0.4) is 0 Å². The maximum atomic E-state index is 13.4. The summed E-state index contributed by atoms with van der Waals surface area (Å²) in [4.78, 5) is 44.0. The molecule has 3 aliphatic rings. The second kappa shape index (κ2) is 8.90. The maximum absolute atomic E-state index is 13.4. The Morgan fingerprint density at radius 3 is 2.25 bits per heavy atom. The first-order valence-corrected chi connectivity index (χ1v) is 11.0. The van der Waals surface area contributed by atoms with Gasteiger partial charge in [-0.1, -0.05) is 24.3 Å². The number of nitrogens with zero attached hydrogens (tertiary/aromatic N) is 2. The molecule has 32 heavy (non-hydrogen) atoms. The third-order valence-electron chi connectivity index (χ3n) is 6.95. The van der Waals surface area contributed by atoms with Gasteiger partial charge in [0, 0.05) is 49.2 Å². The lowest BCUT2D eigenvalue weighted by Gasteiger charge is -2.38. The van der Waals surface area contributed by atoms with E-state index in [1.165, 1.54) is 14.2 Å². The molecule has 1 aliphatic heterocycles. The molecule has 0 bridgehead atoms. The van der Waals surface area contributed by atoms with E-state index in [9.17, 15) is 14.4 Å². The highest BCUT2D eigenvalue weighted by atomic mass is 16.5. The van der Waals surface area contributed by atoms with Gasteiger partial charge in [-0.2, -0.15) is 0 Å². The third kappa shape index (κ3) is 3.75. The van der Waals surface area contributed by atoms with Gasteiger partial charge in [0.25, 0.3) is 0 Å². The van der Waals surface area contributed by atoms with Crippen LogP contribution >= 0.6 is 0 Å². The van der Waals surface area contributed by atoms with Crippen LogP contribution < -0.4 is 0 Å². The van der Waals surface area contributed by atoms with Crippen molar-refractivity contribution in [3.63, 3.8) is 0 Å². The summed E-state index contributed by atoms with van der Waals surface area (Å²) in [6, 6.07) is 7.91. The normalized spacial score (nSPS) is 24.6. The molecule has 1 heterocycles. The van der Waals surface area contributed by atoms with Crippen molar-refractivity contribution in [1.82, 2.24) is 9.80 Å². The van der Waals surface area contributed by atoms with E-state index in [0.717, 1.165) is 24.2 Å². The average molecular weight is 439 g/mol. The highest BCUT2D eigenvalue weighted by molar-refractivity contribution is 6.24. The second-order valence-electron chi connectivity index (χ2n) is 8.78. The molecule has 2 aliphatic carbocycles. The molecule has 7 heteroatoms. The molecule has 0 N–H and O–H groups in total. The molecule has 1 aromatic rings. The Kier molecular flexibility index (Phi) is 6.20. The first-order valence-electron chi connectivity index (χ1n) is 11.0. The molecule has 0 aromatic heterocycles. The van der Waals surface area contributed by atoms with Crippen molar-refractivity contribution in [2.45, 2.75) is 25.7 Å². The van der Waals surface area contributed by atoms with Gasteiger partial charge in [-0.3, -0.25) is 14.4 Å². The van der Waals surface area contributed by atoms with E-state index in [4.69, 9.17) is 9.47 Å². The molecule has 1 fully saturated rings. The quantitative estimate of drug-likeness (QED) is 0.670. The van der Waals surface area contributed by atoms with Crippen LogP contribution in [0, 0.1) is 5.92 Å². The molecule has 0 unspecified atom stereocenters. The van der Waals surface area contributed by atoms with Gasteiger partial charge < -0.3 is 19.3 Å². The molecule has 1 aromatic carbocycles. The van der Waals surface area contributed by atoms with Gasteiger partial charge in [-0.05, 0) is 37.9 Å². The number of ketones is 2. The summed E-state index contributed by atoms with van der Waals surface area (Å²) in [5, 5.41) is 0. The number of hydrogen-bond donors (Lipinski definition) is 0. The van der Waals surface area contributed by atoms with Crippen molar-refractivity contribution in [2.75, 3.05) is 47.4 Å². The van der Waals surface area contributed by atoms with E-state index in [0.29, 0.717) is 37.1 Å². The predicted octanol–water partition coefficient (Wildman–Crippen LogP) is 2.08. The van der Waals surface area contributed by atoms with Gasteiger partial charge in [0.15, 0.2) is 0 Å².